The molecule has 1 fully saturated rings. The van der Waals surface area contributed by atoms with Gasteiger partial charge in [0, 0.05) is 31.1 Å². The number of aliphatic hydroxyl groups is 1. The SMILES string of the molecule is CCCOc1c(Br)cc(C(=O)NCC2CNCC2O)cc1OC.Cl. The van der Waals surface area contributed by atoms with Gasteiger partial charge in [-0.15, -0.1) is 12.4 Å². The molecule has 0 bridgehead atoms. The molecule has 1 amide bonds. The molecule has 2 atom stereocenters. The average Bonchev–Trinajstić information content (AvgIpc) is 2.95. The summed E-state index contributed by atoms with van der Waals surface area (Å²) < 4.78 is 11.7. The summed E-state index contributed by atoms with van der Waals surface area (Å²) in [5.74, 6) is 0.948. The van der Waals surface area contributed by atoms with Crippen molar-refractivity contribution in [3.8, 4) is 11.5 Å². The number of aliphatic hydroxyl groups excluding tert-OH is 1. The summed E-state index contributed by atoms with van der Waals surface area (Å²) in [6.45, 7) is 4.31. The van der Waals surface area contributed by atoms with Crippen LogP contribution >= 0.6 is 28.3 Å². The molecule has 0 radical (unpaired) electrons. The van der Waals surface area contributed by atoms with Crippen molar-refractivity contribution >= 4 is 34.2 Å². The van der Waals surface area contributed by atoms with Gasteiger partial charge in [0.2, 0.25) is 0 Å². The number of hydrogen-bond donors (Lipinski definition) is 3. The van der Waals surface area contributed by atoms with Gasteiger partial charge in [-0.25, -0.2) is 0 Å². The highest BCUT2D eigenvalue weighted by atomic mass is 79.9. The van der Waals surface area contributed by atoms with Crippen LogP contribution in [0.15, 0.2) is 16.6 Å². The number of amides is 1. The van der Waals surface area contributed by atoms with E-state index in [9.17, 15) is 9.90 Å². The highest BCUT2D eigenvalue weighted by Gasteiger charge is 2.25. The number of carbonyl (C=O) groups is 1. The Balaban J connectivity index is 0.00000288. The summed E-state index contributed by atoms with van der Waals surface area (Å²) in [5.41, 5.74) is 0.484. The van der Waals surface area contributed by atoms with E-state index in [2.05, 4.69) is 26.6 Å². The van der Waals surface area contributed by atoms with Crippen molar-refractivity contribution in [1.82, 2.24) is 10.6 Å². The first-order valence-electron chi connectivity index (χ1n) is 7.74. The van der Waals surface area contributed by atoms with Crippen molar-refractivity contribution < 1.29 is 19.4 Å². The van der Waals surface area contributed by atoms with Gasteiger partial charge in [0.1, 0.15) is 0 Å². The van der Waals surface area contributed by atoms with Crippen molar-refractivity contribution in [3.05, 3.63) is 22.2 Å². The third kappa shape index (κ3) is 5.24. The molecule has 2 unspecified atom stereocenters. The first kappa shape index (κ1) is 21.0. The normalized spacial score (nSPS) is 19.5. The van der Waals surface area contributed by atoms with Gasteiger partial charge in [-0.05, 0) is 34.5 Å². The molecule has 1 aliphatic heterocycles. The molecule has 1 saturated heterocycles. The van der Waals surface area contributed by atoms with Crippen molar-refractivity contribution in [2.24, 2.45) is 5.92 Å². The van der Waals surface area contributed by atoms with Crippen LogP contribution in [-0.2, 0) is 0 Å². The number of benzene rings is 1. The molecule has 2 rings (SSSR count). The standard InChI is InChI=1S/C16H23BrN2O4.ClH/c1-3-4-23-15-12(17)5-10(6-14(15)22-2)16(21)19-8-11-7-18-9-13(11)20;/h5-6,11,13,18,20H,3-4,7-9H2,1-2H3,(H,19,21);1H. The maximum absolute atomic E-state index is 12.3. The third-order valence-electron chi connectivity index (χ3n) is 3.77. The van der Waals surface area contributed by atoms with Crippen LogP contribution in [0.3, 0.4) is 0 Å². The van der Waals surface area contributed by atoms with Crippen LogP contribution in [0.4, 0.5) is 0 Å². The topological polar surface area (TPSA) is 79.8 Å². The van der Waals surface area contributed by atoms with E-state index in [1.165, 1.54) is 0 Å². The summed E-state index contributed by atoms with van der Waals surface area (Å²) >= 11 is 3.43. The fraction of sp³-hybridized carbons (Fsp3) is 0.562. The fourth-order valence-electron chi connectivity index (χ4n) is 2.45. The summed E-state index contributed by atoms with van der Waals surface area (Å²) in [7, 11) is 1.54. The van der Waals surface area contributed by atoms with Crippen LogP contribution in [0, 0.1) is 5.92 Å². The van der Waals surface area contributed by atoms with Crippen molar-refractivity contribution in [2.75, 3.05) is 33.4 Å². The monoisotopic (exact) mass is 422 g/mol. The number of rotatable bonds is 7. The molecule has 1 aromatic rings. The van der Waals surface area contributed by atoms with E-state index >= 15 is 0 Å². The number of β-amino-alcohol motifs (C(OH)–C–C–N with tert-alkyl or cyclic N) is 1. The van der Waals surface area contributed by atoms with Gasteiger partial charge in [0.15, 0.2) is 11.5 Å². The van der Waals surface area contributed by atoms with E-state index in [-0.39, 0.29) is 24.2 Å². The lowest BCUT2D eigenvalue weighted by Crippen LogP contribution is -2.34. The van der Waals surface area contributed by atoms with Crippen LogP contribution in [-0.4, -0.2) is 50.5 Å². The van der Waals surface area contributed by atoms with Gasteiger partial charge in [0.05, 0.1) is 24.3 Å². The van der Waals surface area contributed by atoms with Crippen LogP contribution in [0.2, 0.25) is 0 Å². The van der Waals surface area contributed by atoms with Gasteiger partial charge < -0.3 is 25.2 Å². The Hall–Kier alpha value is -1.02. The van der Waals surface area contributed by atoms with Gasteiger partial charge in [0.25, 0.3) is 5.91 Å². The molecule has 1 heterocycles. The van der Waals surface area contributed by atoms with E-state index in [0.29, 0.717) is 47.8 Å². The second-order valence-electron chi connectivity index (χ2n) is 5.53. The second-order valence-corrected chi connectivity index (χ2v) is 6.39. The Labute approximate surface area is 156 Å². The van der Waals surface area contributed by atoms with Crippen molar-refractivity contribution in [1.29, 1.82) is 0 Å². The number of methoxy groups -OCH3 is 1. The molecular weight excluding hydrogens is 400 g/mol. The van der Waals surface area contributed by atoms with E-state index < -0.39 is 6.10 Å². The number of ether oxygens (including phenoxy) is 2. The molecule has 8 heteroatoms. The Morgan fingerprint density at radius 1 is 1.46 bits per heavy atom. The van der Waals surface area contributed by atoms with Crippen LogP contribution in [0.5, 0.6) is 11.5 Å². The summed E-state index contributed by atoms with van der Waals surface area (Å²) in [6, 6.07) is 3.38. The lowest BCUT2D eigenvalue weighted by atomic mass is 10.1. The maximum atomic E-state index is 12.3. The van der Waals surface area contributed by atoms with Crippen LogP contribution < -0.4 is 20.1 Å². The van der Waals surface area contributed by atoms with Crippen molar-refractivity contribution in [3.63, 3.8) is 0 Å². The minimum absolute atomic E-state index is 0. The number of halogens is 2. The average molecular weight is 424 g/mol. The molecule has 24 heavy (non-hydrogen) atoms. The predicted molar refractivity (Wildman–Crippen MR) is 98.4 cm³/mol. The molecule has 0 aliphatic carbocycles. The Morgan fingerprint density at radius 3 is 2.79 bits per heavy atom. The number of hydrogen-bond acceptors (Lipinski definition) is 5. The van der Waals surface area contributed by atoms with Crippen molar-refractivity contribution in [2.45, 2.75) is 19.4 Å². The highest BCUT2D eigenvalue weighted by molar-refractivity contribution is 9.10. The van der Waals surface area contributed by atoms with Gasteiger partial charge in [-0.1, -0.05) is 6.92 Å². The molecule has 136 valence electrons. The van der Waals surface area contributed by atoms with Gasteiger partial charge in [-0.3, -0.25) is 4.79 Å². The summed E-state index contributed by atoms with van der Waals surface area (Å²) in [5, 5.41) is 15.7. The van der Waals surface area contributed by atoms with Gasteiger partial charge in [-0.2, -0.15) is 0 Å². The Morgan fingerprint density at radius 2 is 2.21 bits per heavy atom. The van der Waals surface area contributed by atoms with E-state index in [0.717, 1.165) is 6.42 Å². The number of carbonyl (C=O) groups excluding carboxylic acids is 1. The maximum Gasteiger partial charge on any atom is 0.251 e. The quantitative estimate of drug-likeness (QED) is 0.625. The fourth-order valence-corrected chi connectivity index (χ4v) is 3.00. The molecule has 0 saturated carbocycles. The van der Waals surface area contributed by atoms with E-state index in [4.69, 9.17) is 9.47 Å². The lowest BCUT2D eigenvalue weighted by molar-refractivity contribution is 0.0926. The smallest absolute Gasteiger partial charge is 0.251 e. The first-order chi connectivity index (χ1) is 11.1. The minimum atomic E-state index is -0.415. The van der Waals surface area contributed by atoms with Crippen LogP contribution in [0.25, 0.3) is 0 Å². The summed E-state index contributed by atoms with van der Waals surface area (Å²) in [6.07, 6.45) is 0.469. The predicted octanol–water partition coefficient (Wildman–Crippen LogP) is 1.98. The lowest BCUT2D eigenvalue weighted by Gasteiger charge is -2.16. The van der Waals surface area contributed by atoms with E-state index in [1.807, 2.05) is 6.92 Å². The largest absolute Gasteiger partial charge is 0.493 e. The molecule has 0 spiro atoms. The highest BCUT2D eigenvalue weighted by Crippen LogP contribution is 2.36. The minimum Gasteiger partial charge on any atom is -0.493 e. The molecule has 6 nitrogen and oxygen atoms in total. The third-order valence-corrected chi connectivity index (χ3v) is 4.36. The van der Waals surface area contributed by atoms with Gasteiger partial charge >= 0.3 is 0 Å². The molecule has 0 aromatic heterocycles. The zero-order valence-electron chi connectivity index (χ0n) is 13.8. The second kappa shape index (κ2) is 10.1. The number of nitrogens with one attached hydrogen (secondary N) is 2. The Kier molecular flexibility index (Phi) is 8.83. The zero-order chi connectivity index (χ0) is 16.8. The van der Waals surface area contributed by atoms with Crippen LogP contribution in [0.1, 0.15) is 23.7 Å². The van der Waals surface area contributed by atoms with E-state index in [1.54, 1.807) is 19.2 Å². The molecular formula is C16H24BrClN2O4. The zero-order valence-corrected chi connectivity index (χ0v) is 16.2. The molecule has 1 aliphatic rings. The Bertz CT molecular complexity index is 559. The molecule has 3 N–H and O–H groups in total. The summed E-state index contributed by atoms with van der Waals surface area (Å²) in [4.78, 5) is 12.3. The molecule has 1 aromatic carbocycles. The first-order valence-corrected chi connectivity index (χ1v) is 8.53.